The van der Waals surface area contributed by atoms with Gasteiger partial charge in [-0.2, -0.15) is 4.31 Å². The Morgan fingerprint density at radius 2 is 2.14 bits per heavy atom. The van der Waals surface area contributed by atoms with Crippen LogP contribution in [0.3, 0.4) is 0 Å². The van der Waals surface area contributed by atoms with Crippen molar-refractivity contribution in [3.05, 3.63) is 28.2 Å². The lowest BCUT2D eigenvalue weighted by Crippen LogP contribution is -2.44. The Morgan fingerprint density at radius 1 is 1.43 bits per heavy atom. The third-order valence-corrected chi connectivity index (χ3v) is 6.56. The van der Waals surface area contributed by atoms with Gasteiger partial charge >= 0.3 is 5.97 Å². The van der Waals surface area contributed by atoms with Crippen molar-refractivity contribution >= 4 is 31.9 Å². The summed E-state index contributed by atoms with van der Waals surface area (Å²) >= 11 is 3.35. The maximum Gasteiger partial charge on any atom is 0.304 e. The van der Waals surface area contributed by atoms with Crippen LogP contribution in [0.5, 0.6) is 0 Å². The first-order chi connectivity index (χ1) is 9.82. The molecule has 1 fully saturated rings. The summed E-state index contributed by atoms with van der Waals surface area (Å²) in [6.45, 7) is 2.21. The Kier molecular flexibility index (Phi) is 5.06. The highest BCUT2D eigenvalue weighted by Crippen LogP contribution is 2.29. The number of carboxylic acids is 1. The Bertz CT molecular complexity index is 644. The van der Waals surface area contributed by atoms with E-state index in [1.54, 1.807) is 18.2 Å². The molecule has 1 aliphatic heterocycles. The van der Waals surface area contributed by atoms with Crippen LogP contribution >= 0.6 is 15.9 Å². The molecule has 0 amide bonds. The molecule has 0 radical (unpaired) electrons. The standard InChI is InChI=1S/C14H18BrNO4S/c1-10-8-12(5-6-13(10)15)21(19,20)16-7-3-2-4-11(16)9-14(17)18/h5-6,8,11H,2-4,7,9H2,1H3,(H,17,18). The van der Waals surface area contributed by atoms with Crippen LogP contribution in [0.2, 0.25) is 0 Å². The van der Waals surface area contributed by atoms with Gasteiger partial charge in [0.1, 0.15) is 0 Å². The highest BCUT2D eigenvalue weighted by molar-refractivity contribution is 9.10. The van der Waals surface area contributed by atoms with Crippen molar-refractivity contribution in [2.75, 3.05) is 6.54 Å². The van der Waals surface area contributed by atoms with Crippen molar-refractivity contribution in [2.45, 2.75) is 43.5 Å². The highest BCUT2D eigenvalue weighted by atomic mass is 79.9. The lowest BCUT2D eigenvalue weighted by atomic mass is 10.0. The summed E-state index contributed by atoms with van der Waals surface area (Å²) in [5.74, 6) is -0.964. The molecule has 1 N–H and O–H groups in total. The maximum absolute atomic E-state index is 12.8. The third-order valence-electron chi connectivity index (χ3n) is 3.72. The predicted molar refractivity (Wildman–Crippen MR) is 82.7 cm³/mol. The summed E-state index contributed by atoms with van der Waals surface area (Å²) in [5.41, 5.74) is 0.836. The zero-order valence-electron chi connectivity index (χ0n) is 11.8. The number of piperidine rings is 1. The molecule has 1 atom stereocenters. The van der Waals surface area contributed by atoms with Gasteiger partial charge < -0.3 is 5.11 Å². The largest absolute Gasteiger partial charge is 0.481 e. The molecule has 2 rings (SSSR count). The minimum absolute atomic E-state index is 0.144. The van der Waals surface area contributed by atoms with Gasteiger partial charge in [-0.1, -0.05) is 22.4 Å². The molecular weight excluding hydrogens is 358 g/mol. The second kappa shape index (κ2) is 6.46. The number of carboxylic acid groups (broad SMARTS) is 1. The van der Waals surface area contributed by atoms with Gasteiger partial charge in [0.05, 0.1) is 11.3 Å². The van der Waals surface area contributed by atoms with Crippen LogP contribution in [0.15, 0.2) is 27.6 Å². The Balaban J connectivity index is 2.35. The number of aliphatic carboxylic acids is 1. The van der Waals surface area contributed by atoms with Gasteiger partial charge in [-0.3, -0.25) is 4.79 Å². The van der Waals surface area contributed by atoms with Gasteiger partial charge in [0.2, 0.25) is 10.0 Å². The quantitative estimate of drug-likeness (QED) is 0.877. The number of sulfonamides is 1. The number of aryl methyl sites for hydroxylation is 1. The first kappa shape index (κ1) is 16.5. The van der Waals surface area contributed by atoms with E-state index in [0.717, 1.165) is 22.9 Å². The topological polar surface area (TPSA) is 74.7 Å². The van der Waals surface area contributed by atoms with E-state index in [9.17, 15) is 13.2 Å². The normalized spacial score (nSPS) is 20.4. The van der Waals surface area contributed by atoms with E-state index < -0.39 is 22.0 Å². The van der Waals surface area contributed by atoms with E-state index in [1.165, 1.54) is 4.31 Å². The van der Waals surface area contributed by atoms with Gasteiger partial charge in [-0.05, 0) is 43.5 Å². The Hall–Kier alpha value is -0.920. The predicted octanol–water partition coefficient (Wildman–Crippen LogP) is 2.78. The number of nitrogens with zero attached hydrogens (tertiary/aromatic N) is 1. The zero-order chi connectivity index (χ0) is 15.6. The Morgan fingerprint density at radius 3 is 2.76 bits per heavy atom. The molecule has 0 bridgehead atoms. The van der Waals surface area contributed by atoms with Crippen molar-refractivity contribution in [1.29, 1.82) is 0 Å². The van der Waals surface area contributed by atoms with Crippen LogP contribution in [0, 0.1) is 6.92 Å². The summed E-state index contributed by atoms with van der Waals surface area (Å²) in [4.78, 5) is 11.2. The summed E-state index contributed by atoms with van der Waals surface area (Å²) in [5, 5.41) is 8.97. The van der Waals surface area contributed by atoms with E-state index in [2.05, 4.69) is 15.9 Å². The van der Waals surface area contributed by atoms with Gasteiger partial charge in [0, 0.05) is 17.1 Å². The van der Waals surface area contributed by atoms with Crippen molar-refractivity contribution in [3.63, 3.8) is 0 Å². The molecule has 1 heterocycles. The second-order valence-corrected chi connectivity index (χ2v) is 8.02. The fraction of sp³-hybridized carbons (Fsp3) is 0.500. The van der Waals surface area contributed by atoms with Gasteiger partial charge in [-0.15, -0.1) is 0 Å². The molecule has 21 heavy (non-hydrogen) atoms. The summed E-state index contributed by atoms with van der Waals surface area (Å²) < 4.78 is 27.7. The fourth-order valence-corrected chi connectivity index (χ4v) is 4.63. The highest BCUT2D eigenvalue weighted by Gasteiger charge is 2.34. The lowest BCUT2D eigenvalue weighted by Gasteiger charge is -2.33. The number of hydrogen-bond acceptors (Lipinski definition) is 3. The molecule has 0 aromatic heterocycles. The monoisotopic (exact) mass is 375 g/mol. The summed E-state index contributed by atoms with van der Waals surface area (Å²) in [6, 6.07) is 4.42. The maximum atomic E-state index is 12.8. The molecule has 1 saturated heterocycles. The molecule has 1 aromatic rings. The van der Waals surface area contributed by atoms with E-state index >= 15 is 0 Å². The molecule has 116 valence electrons. The number of hydrogen-bond donors (Lipinski definition) is 1. The van der Waals surface area contributed by atoms with Gasteiger partial charge in [-0.25, -0.2) is 8.42 Å². The van der Waals surface area contributed by atoms with E-state index in [4.69, 9.17) is 5.11 Å². The van der Waals surface area contributed by atoms with Crippen molar-refractivity contribution in [3.8, 4) is 0 Å². The average Bonchev–Trinajstić information content (AvgIpc) is 2.41. The molecule has 1 aliphatic rings. The number of halogens is 1. The van der Waals surface area contributed by atoms with Gasteiger partial charge in [0.25, 0.3) is 0 Å². The summed E-state index contributed by atoms with van der Waals surface area (Å²) in [7, 11) is -3.65. The fourth-order valence-electron chi connectivity index (χ4n) is 2.61. The lowest BCUT2D eigenvalue weighted by molar-refractivity contribution is -0.138. The zero-order valence-corrected chi connectivity index (χ0v) is 14.2. The molecule has 0 saturated carbocycles. The minimum Gasteiger partial charge on any atom is -0.481 e. The number of benzene rings is 1. The van der Waals surface area contributed by atoms with Crippen molar-refractivity contribution in [1.82, 2.24) is 4.31 Å². The van der Waals surface area contributed by atoms with E-state index in [1.807, 2.05) is 6.92 Å². The summed E-state index contributed by atoms with van der Waals surface area (Å²) in [6.07, 6.45) is 2.09. The number of carbonyl (C=O) groups is 1. The third kappa shape index (κ3) is 3.64. The van der Waals surface area contributed by atoms with Crippen LogP contribution in [-0.4, -0.2) is 36.4 Å². The van der Waals surface area contributed by atoms with Crippen LogP contribution in [0.25, 0.3) is 0 Å². The first-order valence-electron chi connectivity index (χ1n) is 6.82. The number of rotatable bonds is 4. The molecule has 1 unspecified atom stereocenters. The second-order valence-electron chi connectivity index (χ2n) is 5.27. The van der Waals surface area contributed by atoms with Gasteiger partial charge in [0.15, 0.2) is 0 Å². The Labute approximate surface area is 133 Å². The first-order valence-corrected chi connectivity index (χ1v) is 9.05. The molecular formula is C14H18BrNO4S. The molecule has 1 aromatic carbocycles. The molecule has 0 spiro atoms. The molecule has 5 nitrogen and oxygen atoms in total. The molecule has 0 aliphatic carbocycles. The molecule has 7 heteroatoms. The van der Waals surface area contributed by atoms with Crippen LogP contribution in [0.1, 0.15) is 31.2 Å². The SMILES string of the molecule is Cc1cc(S(=O)(=O)N2CCCCC2CC(=O)O)ccc1Br. The smallest absolute Gasteiger partial charge is 0.304 e. The van der Waals surface area contributed by atoms with E-state index in [0.29, 0.717) is 13.0 Å². The van der Waals surface area contributed by atoms with Crippen LogP contribution in [-0.2, 0) is 14.8 Å². The van der Waals surface area contributed by atoms with Crippen molar-refractivity contribution < 1.29 is 18.3 Å². The average molecular weight is 376 g/mol. The van der Waals surface area contributed by atoms with Crippen molar-refractivity contribution in [2.24, 2.45) is 0 Å². The van der Waals surface area contributed by atoms with Crippen LogP contribution in [0.4, 0.5) is 0 Å². The van der Waals surface area contributed by atoms with Crippen LogP contribution < -0.4 is 0 Å². The minimum atomic E-state index is -3.65. The van der Waals surface area contributed by atoms with E-state index in [-0.39, 0.29) is 11.3 Å².